The maximum Gasteiger partial charge on any atom is 0.573 e. The van der Waals surface area contributed by atoms with Crippen LogP contribution in [0.3, 0.4) is 0 Å². The molecule has 1 N–H and O–H groups in total. The molecule has 2 aromatic rings. The van der Waals surface area contributed by atoms with Gasteiger partial charge in [0, 0.05) is 5.02 Å². The standard InChI is InChI=1S/C15H11ClF3NO2/c16-11-6-2-1-5-10(11)9-14(21)20-12-7-3-4-8-13(12)22-15(17,18)19/h1-8H,9H2,(H,20,21). The number of halogens is 4. The topological polar surface area (TPSA) is 38.3 Å². The van der Waals surface area contributed by atoms with E-state index in [1.54, 1.807) is 24.3 Å². The highest BCUT2D eigenvalue weighted by Crippen LogP contribution is 2.30. The number of carbonyl (C=O) groups excluding carboxylic acids is 1. The Hall–Kier alpha value is -2.21. The number of hydrogen-bond donors (Lipinski definition) is 1. The third-order valence-corrected chi connectivity index (χ3v) is 3.06. The second kappa shape index (κ2) is 6.70. The first-order valence-electron chi connectivity index (χ1n) is 6.23. The molecule has 22 heavy (non-hydrogen) atoms. The van der Waals surface area contributed by atoms with E-state index in [4.69, 9.17) is 11.6 Å². The lowest BCUT2D eigenvalue weighted by Crippen LogP contribution is -2.20. The number of nitrogens with one attached hydrogen (secondary N) is 1. The Morgan fingerprint density at radius 3 is 2.41 bits per heavy atom. The molecule has 0 saturated carbocycles. The summed E-state index contributed by atoms with van der Waals surface area (Å²) in [6, 6.07) is 12.1. The van der Waals surface area contributed by atoms with Crippen LogP contribution in [0.1, 0.15) is 5.56 Å². The number of alkyl halides is 3. The molecule has 2 aromatic carbocycles. The third-order valence-electron chi connectivity index (χ3n) is 2.70. The fourth-order valence-electron chi connectivity index (χ4n) is 1.79. The summed E-state index contributed by atoms with van der Waals surface area (Å²) in [5.74, 6) is -0.964. The minimum atomic E-state index is -4.83. The summed E-state index contributed by atoms with van der Waals surface area (Å²) in [4.78, 5) is 11.9. The zero-order valence-electron chi connectivity index (χ0n) is 11.2. The molecule has 0 radical (unpaired) electrons. The van der Waals surface area contributed by atoms with Crippen LogP contribution in [0.25, 0.3) is 0 Å². The van der Waals surface area contributed by atoms with E-state index < -0.39 is 18.0 Å². The van der Waals surface area contributed by atoms with Gasteiger partial charge in [-0.05, 0) is 23.8 Å². The average molecular weight is 330 g/mol. The Morgan fingerprint density at radius 1 is 1.09 bits per heavy atom. The molecule has 0 bridgehead atoms. The van der Waals surface area contributed by atoms with E-state index in [9.17, 15) is 18.0 Å². The van der Waals surface area contributed by atoms with Crippen molar-refractivity contribution >= 4 is 23.2 Å². The Bertz CT molecular complexity index is 674. The number of anilines is 1. The molecule has 1 amide bonds. The maximum absolute atomic E-state index is 12.3. The molecule has 3 nitrogen and oxygen atoms in total. The summed E-state index contributed by atoms with van der Waals surface area (Å²) in [7, 11) is 0. The molecule has 0 saturated heterocycles. The molecule has 0 atom stereocenters. The van der Waals surface area contributed by atoms with Crippen LogP contribution in [0.4, 0.5) is 18.9 Å². The van der Waals surface area contributed by atoms with Crippen molar-refractivity contribution in [3.05, 3.63) is 59.1 Å². The number of para-hydroxylation sites is 2. The Balaban J connectivity index is 2.11. The summed E-state index contributed by atoms with van der Waals surface area (Å²) in [6.07, 6.45) is -4.89. The van der Waals surface area contributed by atoms with Gasteiger partial charge in [0.2, 0.25) is 5.91 Å². The number of rotatable bonds is 4. The Labute approximate surface area is 129 Å². The molecule has 0 aromatic heterocycles. The first-order chi connectivity index (χ1) is 10.3. The Kier molecular flexibility index (Phi) is 4.92. The zero-order valence-corrected chi connectivity index (χ0v) is 11.9. The molecule has 116 valence electrons. The Morgan fingerprint density at radius 2 is 1.73 bits per heavy atom. The van der Waals surface area contributed by atoms with Crippen LogP contribution < -0.4 is 10.1 Å². The molecule has 7 heteroatoms. The van der Waals surface area contributed by atoms with E-state index in [1.165, 1.54) is 18.2 Å². The van der Waals surface area contributed by atoms with Crippen LogP contribution in [-0.2, 0) is 11.2 Å². The van der Waals surface area contributed by atoms with E-state index in [2.05, 4.69) is 10.1 Å². The van der Waals surface area contributed by atoms with Crippen molar-refractivity contribution in [1.82, 2.24) is 0 Å². The third kappa shape index (κ3) is 4.66. The highest BCUT2D eigenvalue weighted by molar-refractivity contribution is 6.31. The molecular formula is C15H11ClF3NO2. The van der Waals surface area contributed by atoms with E-state index >= 15 is 0 Å². The van der Waals surface area contributed by atoms with Crippen LogP contribution in [0, 0.1) is 0 Å². The van der Waals surface area contributed by atoms with Gasteiger partial charge >= 0.3 is 6.36 Å². The number of amides is 1. The van der Waals surface area contributed by atoms with Gasteiger partial charge in [-0.1, -0.05) is 41.9 Å². The van der Waals surface area contributed by atoms with Gasteiger partial charge in [0.15, 0.2) is 5.75 Å². The van der Waals surface area contributed by atoms with Gasteiger partial charge in [0.25, 0.3) is 0 Å². The van der Waals surface area contributed by atoms with E-state index in [0.717, 1.165) is 6.07 Å². The van der Waals surface area contributed by atoms with Crippen LogP contribution in [0.15, 0.2) is 48.5 Å². The predicted molar refractivity (Wildman–Crippen MR) is 76.9 cm³/mol. The molecule has 0 aliphatic carbocycles. The number of ether oxygens (including phenoxy) is 1. The monoisotopic (exact) mass is 329 g/mol. The summed E-state index contributed by atoms with van der Waals surface area (Å²) in [6.45, 7) is 0. The van der Waals surface area contributed by atoms with Gasteiger partial charge < -0.3 is 10.1 Å². The van der Waals surface area contributed by atoms with Gasteiger partial charge in [-0.2, -0.15) is 0 Å². The second-order valence-electron chi connectivity index (χ2n) is 4.36. The van der Waals surface area contributed by atoms with Crippen LogP contribution in [0.2, 0.25) is 5.02 Å². The van der Waals surface area contributed by atoms with Crippen molar-refractivity contribution in [2.45, 2.75) is 12.8 Å². The molecule has 0 fully saturated rings. The molecular weight excluding hydrogens is 319 g/mol. The SMILES string of the molecule is O=C(Cc1ccccc1Cl)Nc1ccccc1OC(F)(F)F. The molecule has 0 spiro atoms. The second-order valence-corrected chi connectivity index (χ2v) is 4.77. The maximum atomic E-state index is 12.3. The van der Waals surface area contributed by atoms with Crippen molar-refractivity contribution in [3.63, 3.8) is 0 Å². The van der Waals surface area contributed by atoms with Gasteiger partial charge in [-0.25, -0.2) is 0 Å². The van der Waals surface area contributed by atoms with E-state index in [1.807, 2.05) is 0 Å². The lowest BCUT2D eigenvalue weighted by Gasteiger charge is -2.14. The first-order valence-corrected chi connectivity index (χ1v) is 6.61. The smallest absolute Gasteiger partial charge is 0.404 e. The van der Waals surface area contributed by atoms with Crippen molar-refractivity contribution in [2.75, 3.05) is 5.32 Å². The first kappa shape index (κ1) is 16.2. The highest BCUT2D eigenvalue weighted by atomic mass is 35.5. The molecule has 0 unspecified atom stereocenters. The van der Waals surface area contributed by atoms with E-state index in [-0.39, 0.29) is 12.1 Å². The van der Waals surface area contributed by atoms with Crippen molar-refractivity contribution in [2.24, 2.45) is 0 Å². The number of benzene rings is 2. The largest absolute Gasteiger partial charge is 0.573 e. The van der Waals surface area contributed by atoms with Gasteiger partial charge in [0.1, 0.15) is 0 Å². The van der Waals surface area contributed by atoms with Gasteiger partial charge in [0.05, 0.1) is 12.1 Å². The van der Waals surface area contributed by atoms with Crippen LogP contribution >= 0.6 is 11.6 Å². The molecule has 0 heterocycles. The van der Waals surface area contributed by atoms with E-state index in [0.29, 0.717) is 10.6 Å². The van der Waals surface area contributed by atoms with Crippen molar-refractivity contribution < 1.29 is 22.7 Å². The fraction of sp³-hybridized carbons (Fsp3) is 0.133. The number of hydrogen-bond acceptors (Lipinski definition) is 2. The summed E-state index contributed by atoms with van der Waals surface area (Å²) >= 11 is 5.94. The highest BCUT2D eigenvalue weighted by Gasteiger charge is 2.32. The molecule has 0 aliphatic rings. The average Bonchev–Trinajstić information content (AvgIpc) is 2.42. The van der Waals surface area contributed by atoms with Crippen molar-refractivity contribution in [3.8, 4) is 5.75 Å². The zero-order chi connectivity index (χ0) is 16.2. The van der Waals surface area contributed by atoms with Crippen molar-refractivity contribution in [1.29, 1.82) is 0 Å². The molecule has 2 rings (SSSR count). The summed E-state index contributed by atoms with van der Waals surface area (Å²) < 4.78 is 40.8. The molecule has 0 aliphatic heterocycles. The fourth-order valence-corrected chi connectivity index (χ4v) is 2.00. The minimum Gasteiger partial charge on any atom is -0.404 e. The van der Waals surface area contributed by atoms with Crippen LogP contribution in [-0.4, -0.2) is 12.3 Å². The van der Waals surface area contributed by atoms with Gasteiger partial charge in [-0.3, -0.25) is 4.79 Å². The lowest BCUT2D eigenvalue weighted by atomic mass is 10.1. The minimum absolute atomic E-state index is 0.0555. The number of carbonyl (C=O) groups is 1. The predicted octanol–water partition coefficient (Wildman–Crippen LogP) is 4.42. The summed E-state index contributed by atoms with van der Waals surface area (Å²) in [5.41, 5.74) is 0.521. The van der Waals surface area contributed by atoms with Gasteiger partial charge in [-0.15, -0.1) is 13.2 Å². The normalized spacial score (nSPS) is 11.1. The quantitative estimate of drug-likeness (QED) is 0.901. The van der Waals surface area contributed by atoms with Crippen LogP contribution in [0.5, 0.6) is 5.75 Å². The summed E-state index contributed by atoms with van der Waals surface area (Å²) in [5, 5.41) is 2.80. The lowest BCUT2D eigenvalue weighted by molar-refractivity contribution is -0.274.